The van der Waals surface area contributed by atoms with Crippen molar-refractivity contribution >= 4 is 11.9 Å². The normalized spacial score (nSPS) is 30.7. The Morgan fingerprint density at radius 2 is 1.61 bits per heavy atom. The number of carbonyl (C=O) groups is 2. The molecule has 28 heavy (non-hydrogen) atoms. The van der Waals surface area contributed by atoms with Crippen molar-refractivity contribution < 1.29 is 44.5 Å². The summed E-state index contributed by atoms with van der Waals surface area (Å²) in [6, 6.07) is 0. The highest BCUT2D eigenvalue weighted by atomic mass is 17.2. The molecule has 0 aromatic carbocycles. The molecule has 0 radical (unpaired) electrons. The van der Waals surface area contributed by atoms with Gasteiger partial charge < -0.3 is 14.9 Å². The average Bonchev–Trinajstić information content (AvgIpc) is 2.68. The lowest BCUT2D eigenvalue weighted by atomic mass is 9.78. The summed E-state index contributed by atoms with van der Waals surface area (Å²) in [6.07, 6.45) is 4.79. The zero-order chi connectivity index (χ0) is 20.4. The van der Waals surface area contributed by atoms with Crippen LogP contribution in [0.4, 0.5) is 0 Å². The van der Waals surface area contributed by atoms with Gasteiger partial charge in [-0.25, -0.2) is 14.7 Å². The Morgan fingerprint density at radius 1 is 0.893 bits per heavy atom. The first-order valence-corrected chi connectivity index (χ1v) is 10.1. The molecule has 3 N–H and O–H groups in total. The summed E-state index contributed by atoms with van der Waals surface area (Å²) in [5, 5.41) is 27.6. The zero-order valence-electron chi connectivity index (χ0n) is 16.2. The summed E-state index contributed by atoms with van der Waals surface area (Å²) < 4.78 is 5.16. The van der Waals surface area contributed by atoms with E-state index in [1.807, 2.05) is 0 Å². The van der Waals surface area contributed by atoms with Gasteiger partial charge in [-0.2, -0.15) is 0 Å². The molecule has 9 heteroatoms. The Balaban J connectivity index is 1.58. The molecular weight excluding hydrogens is 372 g/mol. The number of aliphatic hydroxyl groups is 1. The van der Waals surface area contributed by atoms with Crippen molar-refractivity contribution in [1.29, 1.82) is 0 Å². The molecule has 162 valence electrons. The number of ether oxygens (including phenoxy) is 1. The molecule has 0 spiro atoms. The molecular formula is C19H32O9. The zero-order valence-corrected chi connectivity index (χ0v) is 16.2. The third-order valence-electron chi connectivity index (χ3n) is 5.78. The van der Waals surface area contributed by atoms with Gasteiger partial charge in [0.15, 0.2) is 0 Å². The van der Waals surface area contributed by atoms with Gasteiger partial charge in [0.25, 0.3) is 0 Å². The third-order valence-corrected chi connectivity index (χ3v) is 5.78. The molecule has 0 saturated heterocycles. The van der Waals surface area contributed by atoms with E-state index in [4.69, 9.17) is 19.8 Å². The van der Waals surface area contributed by atoms with Crippen molar-refractivity contribution in [3.05, 3.63) is 0 Å². The monoisotopic (exact) mass is 404 g/mol. The van der Waals surface area contributed by atoms with E-state index in [1.54, 1.807) is 0 Å². The van der Waals surface area contributed by atoms with Crippen LogP contribution >= 0.6 is 0 Å². The molecule has 0 heterocycles. The highest BCUT2D eigenvalue weighted by Crippen LogP contribution is 2.32. The van der Waals surface area contributed by atoms with Crippen LogP contribution in [-0.4, -0.2) is 59.9 Å². The van der Waals surface area contributed by atoms with Crippen molar-refractivity contribution in [3.63, 3.8) is 0 Å². The summed E-state index contributed by atoms with van der Waals surface area (Å²) in [5.74, 6) is -2.68. The summed E-state index contributed by atoms with van der Waals surface area (Å²) in [5.41, 5.74) is 0. The van der Waals surface area contributed by atoms with Crippen molar-refractivity contribution in [1.82, 2.24) is 0 Å². The van der Waals surface area contributed by atoms with E-state index in [0.29, 0.717) is 26.1 Å². The van der Waals surface area contributed by atoms with Gasteiger partial charge in [-0.3, -0.25) is 14.8 Å². The number of carbonyl (C=O) groups excluding carboxylic acids is 1. The van der Waals surface area contributed by atoms with Crippen LogP contribution in [0.25, 0.3) is 0 Å². The van der Waals surface area contributed by atoms with E-state index < -0.39 is 29.9 Å². The topological polar surface area (TPSA) is 132 Å². The average molecular weight is 404 g/mol. The SMILES string of the molecule is O=C(O)C1CCC(O)CC1C(=O)OCCCOOCC1CCCCC1COO. The number of carboxylic acids is 1. The number of hydrogen-bond donors (Lipinski definition) is 3. The molecule has 0 amide bonds. The van der Waals surface area contributed by atoms with Gasteiger partial charge in [0.1, 0.15) is 0 Å². The fraction of sp³-hybridized carbons (Fsp3) is 0.895. The van der Waals surface area contributed by atoms with Crippen molar-refractivity contribution in [3.8, 4) is 0 Å². The minimum absolute atomic E-state index is 0.103. The second-order valence-electron chi connectivity index (χ2n) is 7.75. The molecule has 2 fully saturated rings. The molecule has 9 nitrogen and oxygen atoms in total. The molecule has 2 aliphatic rings. The predicted octanol–water partition coefficient (Wildman–Crippen LogP) is 2.03. The standard InChI is InChI=1S/C19H32O9/c20-15-6-7-16(18(21)22)17(10-15)19(23)25-8-3-9-27-28-12-14-5-2-1-4-13(14)11-26-24/h13-17,20,24H,1-12H2,(H,21,22). The maximum atomic E-state index is 12.2. The lowest BCUT2D eigenvalue weighted by Crippen LogP contribution is -2.38. The van der Waals surface area contributed by atoms with E-state index in [0.717, 1.165) is 25.7 Å². The fourth-order valence-corrected chi connectivity index (χ4v) is 4.12. The number of aliphatic hydroxyl groups excluding tert-OH is 1. The molecule has 0 aromatic heterocycles. The highest BCUT2D eigenvalue weighted by Gasteiger charge is 2.39. The summed E-state index contributed by atoms with van der Waals surface area (Å²) in [7, 11) is 0. The summed E-state index contributed by atoms with van der Waals surface area (Å²) >= 11 is 0. The van der Waals surface area contributed by atoms with E-state index in [2.05, 4.69) is 4.89 Å². The maximum Gasteiger partial charge on any atom is 0.309 e. The molecule has 0 aliphatic heterocycles. The second kappa shape index (κ2) is 12.3. The lowest BCUT2D eigenvalue weighted by molar-refractivity contribution is -0.309. The van der Waals surface area contributed by atoms with Gasteiger partial charge in [0.05, 0.1) is 44.4 Å². The van der Waals surface area contributed by atoms with Crippen LogP contribution in [0.3, 0.4) is 0 Å². The Labute approximate surface area is 164 Å². The van der Waals surface area contributed by atoms with Crippen LogP contribution < -0.4 is 0 Å². The molecule has 2 aliphatic carbocycles. The van der Waals surface area contributed by atoms with Crippen LogP contribution in [0, 0.1) is 23.7 Å². The van der Waals surface area contributed by atoms with Gasteiger partial charge in [0.2, 0.25) is 0 Å². The maximum absolute atomic E-state index is 12.2. The Morgan fingerprint density at radius 3 is 2.29 bits per heavy atom. The van der Waals surface area contributed by atoms with E-state index >= 15 is 0 Å². The van der Waals surface area contributed by atoms with Crippen LogP contribution in [0.15, 0.2) is 0 Å². The van der Waals surface area contributed by atoms with Gasteiger partial charge in [-0.1, -0.05) is 12.8 Å². The molecule has 0 bridgehead atoms. The minimum atomic E-state index is -1.03. The van der Waals surface area contributed by atoms with Crippen LogP contribution in [0.2, 0.25) is 0 Å². The van der Waals surface area contributed by atoms with Crippen molar-refractivity contribution in [2.75, 3.05) is 26.4 Å². The van der Waals surface area contributed by atoms with Crippen LogP contribution in [0.5, 0.6) is 0 Å². The second-order valence-corrected chi connectivity index (χ2v) is 7.75. The number of aliphatic carboxylic acids is 1. The Hall–Kier alpha value is -1.26. The predicted molar refractivity (Wildman–Crippen MR) is 96.0 cm³/mol. The molecule has 2 saturated carbocycles. The first kappa shape index (κ1) is 23.0. The minimum Gasteiger partial charge on any atom is -0.481 e. The summed E-state index contributed by atoms with van der Waals surface area (Å²) in [4.78, 5) is 38.1. The Kier molecular flexibility index (Phi) is 10.1. The molecule has 5 unspecified atom stereocenters. The smallest absolute Gasteiger partial charge is 0.309 e. The van der Waals surface area contributed by atoms with Crippen LogP contribution in [0.1, 0.15) is 51.4 Å². The van der Waals surface area contributed by atoms with Crippen LogP contribution in [-0.2, 0) is 29.0 Å². The number of carboxylic acid groups (broad SMARTS) is 1. The number of esters is 1. The first-order chi connectivity index (χ1) is 13.5. The summed E-state index contributed by atoms with van der Waals surface area (Å²) in [6.45, 7) is 1.08. The quantitative estimate of drug-likeness (QED) is 0.205. The Bertz CT molecular complexity index is 482. The van der Waals surface area contributed by atoms with Gasteiger partial charge in [-0.05, 0) is 43.9 Å². The van der Waals surface area contributed by atoms with Crippen molar-refractivity contribution in [2.45, 2.75) is 57.5 Å². The lowest BCUT2D eigenvalue weighted by Gasteiger charge is -2.30. The third kappa shape index (κ3) is 7.29. The number of rotatable bonds is 11. The van der Waals surface area contributed by atoms with Gasteiger partial charge in [0, 0.05) is 6.42 Å². The van der Waals surface area contributed by atoms with E-state index in [1.165, 1.54) is 0 Å². The molecule has 5 atom stereocenters. The fourth-order valence-electron chi connectivity index (χ4n) is 4.12. The molecule has 2 rings (SSSR count). The largest absolute Gasteiger partial charge is 0.481 e. The molecule has 0 aromatic rings. The van der Waals surface area contributed by atoms with Gasteiger partial charge in [-0.15, -0.1) is 0 Å². The first-order valence-electron chi connectivity index (χ1n) is 10.1. The highest BCUT2D eigenvalue weighted by molar-refractivity contribution is 5.81. The van der Waals surface area contributed by atoms with E-state index in [9.17, 15) is 19.8 Å². The number of hydrogen-bond acceptors (Lipinski definition) is 8. The van der Waals surface area contributed by atoms with Crippen molar-refractivity contribution in [2.24, 2.45) is 23.7 Å². The van der Waals surface area contributed by atoms with E-state index in [-0.39, 0.29) is 37.9 Å². The van der Waals surface area contributed by atoms with Gasteiger partial charge >= 0.3 is 11.9 Å².